The molecule has 0 bridgehead atoms. The van der Waals surface area contributed by atoms with Crippen LogP contribution >= 0.6 is 0 Å². The average Bonchev–Trinajstić information content (AvgIpc) is 3.11. The fourth-order valence-corrected chi connectivity index (χ4v) is 2.25. The van der Waals surface area contributed by atoms with Crippen molar-refractivity contribution in [1.29, 1.82) is 0 Å². The van der Waals surface area contributed by atoms with Crippen LogP contribution in [0.4, 0.5) is 0 Å². The minimum absolute atomic E-state index is 0.170. The molecular weight excluding hydrogens is 278 g/mol. The van der Waals surface area contributed by atoms with Gasteiger partial charge in [-0.15, -0.1) is 0 Å². The third-order valence-corrected chi connectivity index (χ3v) is 3.38. The second-order valence-electron chi connectivity index (χ2n) is 5.20. The lowest BCUT2D eigenvalue weighted by Crippen LogP contribution is -2.24. The minimum atomic E-state index is -0.196. The van der Waals surface area contributed by atoms with Crippen LogP contribution in [-0.2, 0) is 11.8 Å². The smallest absolute Gasteiger partial charge is 0.244 e. The van der Waals surface area contributed by atoms with E-state index in [1.165, 1.54) is 6.08 Å². The zero-order chi connectivity index (χ0) is 15.5. The predicted molar refractivity (Wildman–Crippen MR) is 85.0 cm³/mol. The van der Waals surface area contributed by atoms with Gasteiger partial charge in [0.15, 0.2) is 0 Å². The standard InChI is InChI=1S/C17H17N3O2/c1-12(16-9-14-5-3-4-6-15(14)22-16)19-17(21)8-7-13-10-18-20(2)11-13/h3-12H,1-2H3,(H,19,21)/b8-7+/t12-/m1/s1. The molecule has 0 fully saturated rings. The lowest BCUT2D eigenvalue weighted by atomic mass is 10.2. The van der Waals surface area contributed by atoms with Crippen LogP contribution in [0.15, 0.2) is 53.2 Å². The predicted octanol–water partition coefficient (Wildman–Crippen LogP) is 3.06. The summed E-state index contributed by atoms with van der Waals surface area (Å²) in [5, 5.41) is 7.97. The van der Waals surface area contributed by atoms with Crippen molar-refractivity contribution in [2.45, 2.75) is 13.0 Å². The molecule has 2 heterocycles. The van der Waals surface area contributed by atoms with Crippen LogP contribution < -0.4 is 5.32 Å². The summed E-state index contributed by atoms with van der Waals surface area (Å²) < 4.78 is 7.43. The number of fused-ring (bicyclic) bond motifs is 1. The molecule has 0 saturated heterocycles. The van der Waals surface area contributed by atoms with Crippen molar-refractivity contribution in [3.05, 3.63) is 60.1 Å². The van der Waals surface area contributed by atoms with E-state index in [0.29, 0.717) is 0 Å². The molecule has 0 saturated carbocycles. The zero-order valence-corrected chi connectivity index (χ0v) is 12.5. The lowest BCUT2D eigenvalue weighted by molar-refractivity contribution is -0.117. The molecule has 1 atom stereocenters. The topological polar surface area (TPSA) is 60.1 Å². The van der Waals surface area contributed by atoms with Crippen LogP contribution in [0.25, 0.3) is 17.0 Å². The number of rotatable bonds is 4. The van der Waals surface area contributed by atoms with Crippen molar-refractivity contribution >= 4 is 23.0 Å². The molecule has 22 heavy (non-hydrogen) atoms. The van der Waals surface area contributed by atoms with Gasteiger partial charge in [0, 0.05) is 30.3 Å². The number of para-hydroxylation sites is 1. The zero-order valence-electron chi connectivity index (χ0n) is 12.5. The second kappa shape index (κ2) is 5.89. The summed E-state index contributed by atoms with van der Waals surface area (Å²) >= 11 is 0. The van der Waals surface area contributed by atoms with Crippen molar-refractivity contribution in [2.75, 3.05) is 0 Å². The van der Waals surface area contributed by atoms with Crippen LogP contribution in [0.2, 0.25) is 0 Å². The van der Waals surface area contributed by atoms with Crippen LogP contribution in [0.1, 0.15) is 24.3 Å². The summed E-state index contributed by atoms with van der Waals surface area (Å²) in [4.78, 5) is 12.0. The molecule has 5 heteroatoms. The van der Waals surface area contributed by atoms with Gasteiger partial charge >= 0.3 is 0 Å². The minimum Gasteiger partial charge on any atom is -0.459 e. The number of benzene rings is 1. The molecule has 3 rings (SSSR count). The fraction of sp³-hybridized carbons (Fsp3) is 0.176. The van der Waals surface area contributed by atoms with Gasteiger partial charge < -0.3 is 9.73 Å². The van der Waals surface area contributed by atoms with E-state index in [2.05, 4.69) is 10.4 Å². The number of carbonyl (C=O) groups is 1. The molecule has 1 amide bonds. The number of hydrogen-bond donors (Lipinski definition) is 1. The maximum absolute atomic E-state index is 12.0. The Morgan fingerprint density at radius 2 is 2.23 bits per heavy atom. The number of nitrogens with one attached hydrogen (secondary N) is 1. The van der Waals surface area contributed by atoms with Crippen molar-refractivity contribution in [3.63, 3.8) is 0 Å². The van der Waals surface area contributed by atoms with Gasteiger partial charge in [0.25, 0.3) is 0 Å². The highest BCUT2D eigenvalue weighted by Gasteiger charge is 2.12. The van der Waals surface area contributed by atoms with Gasteiger partial charge in [0.2, 0.25) is 5.91 Å². The molecule has 0 aliphatic heterocycles. The maximum atomic E-state index is 12.0. The molecule has 0 radical (unpaired) electrons. The Kier molecular flexibility index (Phi) is 3.78. The molecule has 5 nitrogen and oxygen atoms in total. The molecule has 3 aromatic rings. The summed E-state index contributed by atoms with van der Waals surface area (Å²) in [6.45, 7) is 1.90. The van der Waals surface area contributed by atoms with Gasteiger partial charge in [-0.1, -0.05) is 18.2 Å². The van der Waals surface area contributed by atoms with E-state index in [9.17, 15) is 4.79 Å². The SMILES string of the molecule is C[C@@H](NC(=O)/C=C/c1cnn(C)c1)c1cc2ccccc2o1. The molecule has 0 unspecified atom stereocenters. The monoisotopic (exact) mass is 295 g/mol. The molecule has 1 N–H and O–H groups in total. The summed E-state index contributed by atoms with van der Waals surface area (Å²) in [5.74, 6) is 0.570. The Labute approximate surface area is 128 Å². The molecule has 0 aliphatic rings. The largest absolute Gasteiger partial charge is 0.459 e. The van der Waals surface area contributed by atoms with Crippen molar-refractivity contribution < 1.29 is 9.21 Å². The third-order valence-electron chi connectivity index (χ3n) is 3.38. The first-order valence-corrected chi connectivity index (χ1v) is 7.07. The van der Waals surface area contributed by atoms with Gasteiger partial charge in [-0.3, -0.25) is 9.48 Å². The number of carbonyl (C=O) groups excluding carboxylic acids is 1. The quantitative estimate of drug-likeness (QED) is 0.753. The van der Waals surface area contributed by atoms with E-state index >= 15 is 0 Å². The molecule has 1 aromatic carbocycles. The van der Waals surface area contributed by atoms with Crippen LogP contribution in [0.3, 0.4) is 0 Å². The number of aryl methyl sites for hydroxylation is 1. The molecule has 112 valence electrons. The third kappa shape index (κ3) is 3.09. The van der Waals surface area contributed by atoms with E-state index in [1.807, 2.05) is 50.5 Å². The first kappa shape index (κ1) is 14.1. The number of nitrogens with zero attached hydrogens (tertiary/aromatic N) is 2. The Hall–Kier alpha value is -2.82. The molecular formula is C17H17N3O2. The van der Waals surface area contributed by atoms with Gasteiger partial charge in [-0.2, -0.15) is 5.10 Å². The number of aromatic nitrogens is 2. The fourth-order valence-electron chi connectivity index (χ4n) is 2.25. The Balaban J connectivity index is 1.66. The Bertz CT molecular complexity index is 796. The van der Waals surface area contributed by atoms with Gasteiger partial charge in [0.05, 0.1) is 12.2 Å². The first-order chi connectivity index (χ1) is 10.6. The van der Waals surface area contributed by atoms with Crippen LogP contribution in [0.5, 0.6) is 0 Å². The van der Waals surface area contributed by atoms with Gasteiger partial charge in [0.1, 0.15) is 11.3 Å². The van der Waals surface area contributed by atoms with E-state index in [1.54, 1.807) is 17.0 Å². The van der Waals surface area contributed by atoms with E-state index in [4.69, 9.17) is 4.42 Å². The summed E-state index contributed by atoms with van der Waals surface area (Å²) in [6, 6.07) is 9.54. The van der Waals surface area contributed by atoms with E-state index < -0.39 is 0 Å². The highest BCUT2D eigenvalue weighted by Crippen LogP contribution is 2.23. The maximum Gasteiger partial charge on any atom is 0.244 e. The van der Waals surface area contributed by atoms with Crippen molar-refractivity contribution in [2.24, 2.45) is 7.05 Å². The summed E-state index contributed by atoms with van der Waals surface area (Å²) in [5.41, 5.74) is 1.71. The van der Waals surface area contributed by atoms with Gasteiger partial charge in [-0.05, 0) is 25.1 Å². The lowest BCUT2D eigenvalue weighted by Gasteiger charge is -2.08. The van der Waals surface area contributed by atoms with E-state index in [-0.39, 0.29) is 11.9 Å². The highest BCUT2D eigenvalue weighted by molar-refractivity contribution is 5.92. The molecule has 0 aliphatic carbocycles. The second-order valence-corrected chi connectivity index (χ2v) is 5.20. The van der Waals surface area contributed by atoms with Crippen LogP contribution in [-0.4, -0.2) is 15.7 Å². The summed E-state index contributed by atoms with van der Waals surface area (Å²) in [6.07, 6.45) is 6.77. The molecule has 0 spiro atoms. The number of hydrogen-bond acceptors (Lipinski definition) is 3. The number of furan rings is 1. The van der Waals surface area contributed by atoms with Crippen molar-refractivity contribution in [3.8, 4) is 0 Å². The summed E-state index contributed by atoms with van der Waals surface area (Å²) in [7, 11) is 1.83. The average molecular weight is 295 g/mol. The Morgan fingerprint density at radius 3 is 2.95 bits per heavy atom. The van der Waals surface area contributed by atoms with E-state index in [0.717, 1.165) is 22.3 Å². The van der Waals surface area contributed by atoms with Gasteiger partial charge in [-0.25, -0.2) is 0 Å². The molecule has 2 aromatic heterocycles. The highest BCUT2D eigenvalue weighted by atomic mass is 16.3. The first-order valence-electron chi connectivity index (χ1n) is 7.07. The normalized spacial score (nSPS) is 12.8. The van der Waals surface area contributed by atoms with Crippen LogP contribution in [0, 0.1) is 0 Å². The Morgan fingerprint density at radius 1 is 1.41 bits per heavy atom. The number of amides is 1. The van der Waals surface area contributed by atoms with Crippen molar-refractivity contribution in [1.82, 2.24) is 15.1 Å².